The second-order valence-electron chi connectivity index (χ2n) is 18.6. The summed E-state index contributed by atoms with van der Waals surface area (Å²) in [7, 11) is 0. The van der Waals surface area contributed by atoms with Crippen LogP contribution in [0.5, 0.6) is 0 Å². The van der Waals surface area contributed by atoms with E-state index in [4.69, 9.17) is 8.83 Å². The summed E-state index contributed by atoms with van der Waals surface area (Å²) in [6.07, 6.45) is 7.44. The first-order valence-electron chi connectivity index (χ1n) is 24.9. The standard InChI is InChI=1S/C66H44N6O2/c1-5-19-43(20-6-1)63-67-69-65(73-63)47-25-17-23-45(39-47)61-54-32-13-14-33-55(54)62(46-24-18-26-48(40-46)66-70-68-64(74-66)44-21-7-2-8-22-44)58-42-51(35-37-56(58)61)71(49-27-9-3-10-28-49)52-36-38-60-57(41-52)53-31-15-16-34-59(53)72(60)50-29-11-4-12-30-50/h1-23,25-42,46H,24H2. The number of nitrogens with zero attached hydrogens (tertiary/aromatic N) is 6. The van der Waals surface area contributed by atoms with E-state index in [-0.39, 0.29) is 5.92 Å². The lowest BCUT2D eigenvalue weighted by molar-refractivity contribution is 0.553. The molecule has 0 spiro atoms. The molecule has 0 saturated heterocycles. The van der Waals surface area contributed by atoms with Crippen molar-refractivity contribution in [3.63, 3.8) is 0 Å². The number of aromatic nitrogens is 5. The Kier molecular flexibility index (Phi) is 10.5. The summed E-state index contributed by atoms with van der Waals surface area (Å²) in [6, 6.07) is 80.9. The molecule has 8 heteroatoms. The Hall–Kier alpha value is -9.92. The van der Waals surface area contributed by atoms with Gasteiger partial charge in [-0.05, 0) is 142 Å². The first-order valence-corrected chi connectivity index (χ1v) is 24.9. The van der Waals surface area contributed by atoms with Crippen molar-refractivity contribution in [3.05, 3.63) is 260 Å². The number of hydrogen-bond donors (Lipinski definition) is 0. The number of hydrogen-bond acceptors (Lipinski definition) is 7. The molecular formula is C66H44N6O2. The van der Waals surface area contributed by atoms with E-state index in [1.165, 1.54) is 16.3 Å². The number of allylic oxidation sites excluding steroid dienone is 4. The summed E-state index contributed by atoms with van der Waals surface area (Å²) in [5.74, 6) is 1.89. The molecule has 0 radical (unpaired) electrons. The minimum absolute atomic E-state index is 0.0365. The summed E-state index contributed by atoms with van der Waals surface area (Å²) in [4.78, 5) is 2.39. The van der Waals surface area contributed by atoms with Crippen LogP contribution in [0.15, 0.2) is 258 Å². The van der Waals surface area contributed by atoms with E-state index in [0.29, 0.717) is 23.6 Å². The molecular weight excluding hydrogens is 909 g/mol. The number of anilines is 3. The molecule has 0 aliphatic heterocycles. The van der Waals surface area contributed by atoms with Gasteiger partial charge in [-0.3, -0.25) is 0 Å². The number of fused-ring (bicyclic) bond motifs is 5. The molecule has 0 saturated carbocycles. The maximum atomic E-state index is 6.38. The van der Waals surface area contributed by atoms with Gasteiger partial charge in [-0.25, -0.2) is 0 Å². The van der Waals surface area contributed by atoms with Gasteiger partial charge >= 0.3 is 0 Å². The fraction of sp³-hybridized carbons (Fsp3) is 0.0303. The fourth-order valence-electron chi connectivity index (χ4n) is 10.9. The molecule has 74 heavy (non-hydrogen) atoms. The molecule has 1 aliphatic rings. The molecule has 13 aromatic rings. The summed E-state index contributed by atoms with van der Waals surface area (Å²) in [6.45, 7) is 0. The summed E-state index contributed by atoms with van der Waals surface area (Å²) >= 11 is 0. The van der Waals surface area contributed by atoms with Crippen LogP contribution < -0.4 is 4.90 Å². The second kappa shape index (κ2) is 18.0. The zero-order valence-corrected chi connectivity index (χ0v) is 40.0. The average Bonchev–Trinajstić information content (AvgIpc) is 4.25. The van der Waals surface area contributed by atoms with Crippen LogP contribution in [0, 0.1) is 0 Å². The maximum Gasteiger partial charge on any atom is 0.248 e. The number of para-hydroxylation sites is 3. The van der Waals surface area contributed by atoms with Gasteiger partial charge in [-0.1, -0.05) is 152 Å². The van der Waals surface area contributed by atoms with Crippen LogP contribution in [-0.2, 0) is 0 Å². The Morgan fingerprint density at radius 1 is 0.392 bits per heavy atom. The van der Waals surface area contributed by atoms with Gasteiger partial charge in [0.25, 0.3) is 0 Å². The average molecular weight is 953 g/mol. The van der Waals surface area contributed by atoms with Gasteiger partial charge < -0.3 is 18.3 Å². The molecule has 350 valence electrons. The summed E-state index contributed by atoms with van der Waals surface area (Å²) in [5, 5.41) is 25.0. The summed E-state index contributed by atoms with van der Waals surface area (Å²) in [5.41, 5.74) is 13.5. The van der Waals surface area contributed by atoms with Crippen molar-refractivity contribution >= 4 is 66.0 Å². The molecule has 14 rings (SSSR count). The van der Waals surface area contributed by atoms with E-state index in [1.54, 1.807) is 0 Å². The number of rotatable bonds is 10. The zero-order valence-electron chi connectivity index (χ0n) is 40.0. The van der Waals surface area contributed by atoms with E-state index in [9.17, 15) is 0 Å². The molecule has 0 N–H and O–H groups in total. The third-order valence-electron chi connectivity index (χ3n) is 14.2. The molecule has 0 amide bonds. The number of benzene rings is 10. The van der Waals surface area contributed by atoms with Crippen molar-refractivity contribution in [2.24, 2.45) is 0 Å². The summed E-state index contributed by atoms with van der Waals surface area (Å²) < 4.78 is 15.1. The predicted octanol–water partition coefficient (Wildman–Crippen LogP) is 17.1. The van der Waals surface area contributed by atoms with Crippen molar-refractivity contribution in [1.29, 1.82) is 0 Å². The normalized spacial score (nSPS) is 13.5. The molecule has 8 nitrogen and oxygen atoms in total. The van der Waals surface area contributed by atoms with Crippen LogP contribution in [0.1, 0.15) is 23.8 Å². The van der Waals surface area contributed by atoms with E-state index >= 15 is 0 Å². The third kappa shape index (κ3) is 7.47. The van der Waals surface area contributed by atoms with Crippen LogP contribution >= 0.6 is 0 Å². The van der Waals surface area contributed by atoms with Gasteiger partial charge in [0.2, 0.25) is 23.6 Å². The molecule has 1 aliphatic carbocycles. The first-order chi connectivity index (χ1) is 36.7. The molecule has 0 fully saturated rings. The Morgan fingerprint density at radius 3 is 1.65 bits per heavy atom. The van der Waals surface area contributed by atoms with Gasteiger partial charge in [-0.15, -0.1) is 20.4 Å². The van der Waals surface area contributed by atoms with E-state index in [0.717, 1.165) is 95.1 Å². The van der Waals surface area contributed by atoms with Crippen LogP contribution in [-0.4, -0.2) is 25.0 Å². The molecule has 1 unspecified atom stereocenters. The van der Waals surface area contributed by atoms with Crippen LogP contribution in [0.25, 0.3) is 100 Å². The van der Waals surface area contributed by atoms with E-state index in [2.05, 4.69) is 212 Å². The van der Waals surface area contributed by atoms with Crippen molar-refractivity contribution in [1.82, 2.24) is 25.0 Å². The van der Waals surface area contributed by atoms with Crippen molar-refractivity contribution in [3.8, 4) is 51.2 Å². The van der Waals surface area contributed by atoms with Crippen molar-refractivity contribution in [2.45, 2.75) is 12.3 Å². The van der Waals surface area contributed by atoms with Gasteiger partial charge in [0.15, 0.2) is 0 Å². The highest BCUT2D eigenvalue weighted by atomic mass is 16.4. The highest BCUT2D eigenvalue weighted by molar-refractivity contribution is 6.17. The van der Waals surface area contributed by atoms with E-state index < -0.39 is 0 Å². The zero-order chi connectivity index (χ0) is 49.0. The topological polar surface area (TPSA) is 86.0 Å². The predicted molar refractivity (Wildman–Crippen MR) is 299 cm³/mol. The lowest BCUT2D eigenvalue weighted by atomic mass is 9.80. The van der Waals surface area contributed by atoms with Gasteiger partial charge in [-0.2, -0.15) is 0 Å². The van der Waals surface area contributed by atoms with Gasteiger partial charge in [0.1, 0.15) is 0 Å². The molecule has 3 heterocycles. The van der Waals surface area contributed by atoms with Crippen LogP contribution in [0.3, 0.4) is 0 Å². The highest BCUT2D eigenvalue weighted by Crippen LogP contribution is 2.48. The third-order valence-corrected chi connectivity index (χ3v) is 14.2. The lowest BCUT2D eigenvalue weighted by Crippen LogP contribution is -2.10. The largest absolute Gasteiger partial charge is 0.416 e. The quantitative estimate of drug-likeness (QED) is 0.126. The van der Waals surface area contributed by atoms with Crippen molar-refractivity contribution < 1.29 is 8.83 Å². The maximum absolute atomic E-state index is 6.38. The molecule has 1 atom stereocenters. The van der Waals surface area contributed by atoms with E-state index in [1.807, 2.05) is 66.7 Å². The smallest absolute Gasteiger partial charge is 0.248 e. The minimum Gasteiger partial charge on any atom is -0.416 e. The molecule has 3 aromatic heterocycles. The fourth-order valence-corrected chi connectivity index (χ4v) is 10.9. The minimum atomic E-state index is -0.0365. The lowest BCUT2D eigenvalue weighted by Gasteiger charge is -2.28. The Labute approximate surface area is 426 Å². The van der Waals surface area contributed by atoms with Gasteiger partial charge in [0.05, 0.1) is 11.0 Å². The Balaban J connectivity index is 0.982. The molecule has 0 bridgehead atoms. The first kappa shape index (κ1) is 42.9. The SMILES string of the molecule is C1=CC(c2nnc(-c3ccccc3)o2)=CC(c2c3ccccc3c(-c3cccc(-c4nnc(-c5ccccc5)o4)c3)c3ccc(N(c4ccccc4)c4ccc5c(c4)c4ccccc4n5-c4ccccc4)cc23)C1. The monoisotopic (exact) mass is 952 g/mol. The highest BCUT2D eigenvalue weighted by Gasteiger charge is 2.26. The second-order valence-corrected chi connectivity index (χ2v) is 18.6. The Bertz CT molecular complexity index is 4290. The van der Waals surface area contributed by atoms with Crippen LogP contribution in [0.2, 0.25) is 0 Å². The Morgan fingerprint density at radius 2 is 0.919 bits per heavy atom. The van der Waals surface area contributed by atoms with Crippen molar-refractivity contribution in [2.75, 3.05) is 4.90 Å². The van der Waals surface area contributed by atoms with Gasteiger partial charge in [0, 0.05) is 61.7 Å². The van der Waals surface area contributed by atoms with Crippen LogP contribution in [0.4, 0.5) is 17.1 Å². The molecule has 10 aromatic carbocycles.